The Morgan fingerprint density at radius 2 is 0.875 bits per heavy atom. The molecule has 3 rings (SSSR count). The third kappa shape index (κ3) is 3.51. The lowest BCUT2D eigenvalue weighted by molar-refractivity contribution is 0.481. The Morgan fingerprint density at radius 3 is 1.33 bits per heavy atom. The SMILES string of the molecule is Cc1ccc(Oc2ccc(C(C)(C)c3ccc(C)cc3)cc2)cc1. The first kappa shape index (κ1) is 16.3. The van der Waals surface area contributed by atoms with Gasteiger partial charge in [0.15, 0.2) is 0 Å². The van der Waals surface area contributed by atoms with Gasteiger partial charge in [-0.1, -0.05) is 73.5 Å². The van der Waals surface area contributed by atoms with Crippen LogP contribution in [0.2, 0.25) is 0 Å². The van der Waals surface area contributed by atoms with E-state index in [1.54, 1.807) is 0 Å². The first-order valence-electron chi connectivity index (χ1n) is 8.37. The van der Waals surface area contributed by atoms with Crippen LogP contribution in [0.15, 0.2) is 72.8 Å². The van der Waals surface area contributed by atoms with E-state index < -0.39 is 0 Å². The van der Waals surface area contributed by atoms with Gasteiger partial charge in [0.05, 0.1) is 0 Å². The van der Waals surface area contributed by atoms with Gasteiger partial charge in [0.1, 0.15) is 11.5 Å². The van der Waals surface area contributed by atoms with E-state index in [0.717, 1.165) is 11.5 Å². The van der Waals surface area contributed by atoms with Crippen LogP contribution in [-0.4, -0.2) is 0 Å². The number of hydrogen-bond acceptors (Lipinski definition) is 1. The summed E-state index contributed by atoms with van der Waals surface area (Å²) in [6.07, 6.45) is 0. The van der Waals surface area contributed by atoms with Gasteiger partial charge in [-0.05, 0) is 49.2 Å². The second-order valence-electron chi connectivity index (χ2n) is 6.93. The molecular weight excluding hydrogens is 292 g/mol. The summed E-state index contributed by atoms with van der Waals surface area (Å²) in [4.78, 5) is 0. The third-order valence-corrected chi connectivity index (χ3v) is 4.61. The highest BCUT2D eigenvalue weighted by Gasteiger charge is 2.22. The minimum Gasteiger partial charge on any atom is -0.457 e. The summed E-state index contributed by atoms with van der Waals surface area (Å²) in [5.74, 6) is 1.73. The number of hydrogen-bond donors (Lipinski definition) is 0. The zero-order valence-electron chi connectivity index (χ0n) is 14.8. The quantitative estimate of drug-likeness (QED) is 0.539. The average molecular weight is 316 g/mol. The molecule has 0 aliphatic rings. The fraction of sp³-hybridized carbons (Fsp3) is 0.217. The second-order valence-corrected chi connectivity index (χ2v) is 6.93. The molecule has 0 saturated carbocycles. The maximum atomic E-state index is 5.92. The number of benzene rings is 3. The van der Waals surface area contributed by atoms with Crippen LogP contribution in [0, 0.1) is 13.8 Å². The molecule has 3 aromatic carbocycles. The molecule has 122 valence electrons. The third-order valence-electron chi connectivity index (χ3n) is 4.61. The van der Waals surface area contributed by atoms with E-state index >= 15 is 0 Å². The predicted octanol–water partition coefficient (Wildman–Crippen LogP) is 6.42. The minimum absolute atomic E-state index is 0.0317. The fourth-order valence-corrected chi connectivity index (χ4v) is 2.82. The molecule has 0 unspecified atom stereocenters. The van der Waals surface area contributed by atoms with Crippen LogP contribution in [-0.2, 0) is 5.41 Å². The molecule has 24 heavy (non-hydrogen) atoms. The molecule has 0 bridgehead atoms. The van der Waals surface area contributed by atoms with Crippen LogP contribution >= 0.6 is 0 Å². The van der Waals surface area contributed by atoms with Crippen molar-refractivity contribution in [1.82, 2.24) is 0 Å². The Bertz CT molecular complexity index is 794. The van der Waals surface area contributed by atoms with Gasteiger partial charge in [-0.15, -0.1) is 0 Å². The summed E-state index contributed by atoms with van der Waals surface area (Å²) in [6.45, 7) is 8.71. The standard InChI is InChI=1S/C23H24O/c1-17-5-9-19(10-6-17)23(3,4)20-11-15-22(16-12-20)24-21-13-7-18(2)8-14-21/h5-16H,1-4H3. The van der Waals surface area contributed by atoms with Crippen molar-refractivity contribution in [3.8, 4) is 11.5 Å². The molecule has 0 atom stereocenters. The lowest BCUT2D eigenvalue weighted by Gasteiger charge is -2.26. The molecule has 0 amide bonds. The van der Waals surface area contributed by atoms with Crippen LogP contribution in [0.25, 0.3) is 0 Å². The molecule has 0 N–H and O–H groups in total. The van der Waals surface area contributed by atoms with Crippen LogP contribution in [0.4, 0.5) is 0 Å². The Labute approximate surface area is 144 Å². The van der Waals surface area contributed by atoms with Gasteiger partial charge in [0.25, 0.3) is 0 Å². The average Bonchev–Trinajstić information content (AvgIpc) is 2.58. The summed E-state index contributed by atoms with van der Waals surface area (Å²) >= 11 is 0. The van der Waals surface area contributed by atoms with Crippen molar-refractivity contribution in [2.75, 3.05) is 0 Å². The van der Waals surface area contributed by atoms with Crippen LogP contribution in [0.5, 0.6) is 11.5 Å². The fourth-order valence-electron chi connectivity index (χ4n) is 2.82. The van der Waals surface area contributed by atoms with E-state index in [1.165, 1.54) is 22.3 Å². The molecule has 0 heterocycles. The van der Waals surface area contributed by atoms with Crippen molar-refractivity contribution >= 4 is 0 Å². The summed E-state index contributed by atoms with van der Waals surface area (Å²) in [5.41, 5.74) is 5.09. The van der Waals surface area contributed by atoms with E-state index in [2.05, 4.69) is 76.2 Å². The highest BCUT2D eigenvalue weighted by molar-refractivity contribution is 5.42. The molecule has 0 saturated heterocycles. The number of rotatable bonds is 4. The van der Waals surface area contributed by atoms with Crippen LogP contribution in [0.3, 0.4) is 0 Å². The van der Waals surface area contributed by atoms with Gasteiger partial charge in [-0.2, -0.15) is 0 Å². The first-order valence-corrected chi connectivity index (χ1v) is 8.37. The minimum atomic E-state index is -0.0317. The summed E-state index contributed by atoms with van der Waals surface area (Å²) in [7, 11) is 0. The maximum Gasteiger partial charge on any atom is 0.127 e. The highest BCUT2D eigenvalue weighted by atomic mass is 16.5. The van der Waals surface area contributed by atoms with E-state index in [1.807, 2.05) is 24.3 Å². The lowest BCUT2D eigenvalue weighted by atomic mass is 9.78. The Kier molecular flexibility index (Phi) is 4.44. The van der Waals surface area contributed by atoms with Gasteiger partial charge in [0.2, 0.25) is 0 Å². The van der Waals surface area contributed by atoms with Gasteiger partial charge in [-0.25, -0.2) is 0 Å². The van der Waals surface area contributed by atoms with Gasteiger partial charge < -0.3 is 4.74 Å². The number of ether oxygens (including phenoxy) is 1. The topological polar surface area (TPSA) is 9.23 Å². The number of aryl methyl sites for hydroxylation is 2. The molecule has 1 nitrogen and oxygen atoms in total. The molecular formula is C23H24O. The first-order chi connectivity index (χ1) is 11.4. The van der Waals surface area contributed by atoms with Crippen molar-refractivity contribution < 1.29 is 4.74 Å². The summed E-state index contributed by atoms with van der Waals surface area (Å²) < 4.78 is 5.92. The smallest absolute Gasteiger partial charge is 0.127 e. The van der Waals surface area contributed by atoms with Crippen LogP contribution in [0.1, 0.15) is 36.1 Å². The molecule has 0 spiro atoms. The molecule has 3 aromatic rings. The monoisotopic (exact) mass is 316 g/mol. The Morgan fingerprint density at radius 1 is 0.542 bits per heavy atom. The lowest BCUT2D eigenvalue weighted by Crippen LogP contribution is -2.18. The van der Waals surface area contributed by atoms with Gasteiger partial charge >= 0.3 is 0 Å². The molecule has 0 radical (unpaired) electrons. The van der Waals surface area contributed by atoms with Crippen LogP contribution < -0.4 is 4.74 Å². The normalized spacial score (nSPS) is 11.3. The van der Waals surface area contributed by atoms with E-state index in [9.17, 15) is 0 Å². The Balaban J connectivity index is 1.80. The van der Waals surface area contributed by atoms with E-state index in [0.29, 0.717) is 0 Å². The second kappa shape index (κ2) is 6.52. The van der Waals surface area contributed by atoms with Crippen molar-refractivity contribution in [2.24, 2.45) is 0 Å². The van der Waals surface area contributed by atoms with E-state index in [4.69, 9.17) is 4.74 Å². The molecule has 0 fully saturated rings. The maximum absolute atomic E-state index is 5.92. The summed E-state index contributed by atoms with van der Waals surface area (Å²) in [6, 6.07) is 25.3. The van der Waals surface area contributed by atoms with Gasteiger partial charge in [0, 0.05) is 5.41 Å². The van der Waals surface area contributed by atoms with Crippen molar-refractivity contribution in [3.05, 3.63) is 95.1 Å². The predicted molar refractivity (Wildman–Crippen MR) is 101 cm³/mol. The summed E-state index contributed by atoms with van der Waals surface area (Å²) in [5, 5.41) is 0. The zero-order chi connectivity index (χ0) is 17.2. The molecule has 0 aliphatic carbocycles. The zero-order valence-corrected chi connectivity index (χ0v) is 14.8. The highest BCUT2D eigenvalue weighted by Crippen LogP contribution is 2.33. The Hall–Kier alpha value is -2.54. The largest absolute Gasteiger partial charge is 0.457 e. The molecule has 1 heteroatoms. The molecule has 0 aliphatic heterocycles. The molecule has 0 aromatic heterocycles. The van der Waals surface area contributed by atoms with Gasteiger partial charge in [-0.3, -0.25) is 0 Å². The van der Waals surface area contributed by atoms with Crippen molar-refractivity contribution in [1.29, 1.82) is 0 Å². The van der Waals surface area contributed by atoms with Crippen molar-refractivity contribution in [2.45, 2.75) is 33.1 Å². The van der Waals surface area contributed by atoms with E-state index in [-0.39, 0.29) is 5.41 Å². The van der Waals surface area contributed by atoms with Crippen molar-refractivity contribution in [3.63, 3.8) is 0 Å².